The van der Waals surface area contributed by atoms with Crippen molar-refractivity contribution in [2.45, 2.75) is 31.6 Å². The van der Waals surface area contributed by atoms with Gasteiger partial charge in [-0.15, -0.1) is 0 Å². The number of aliphatic carboxylic acids is 1. The number of hydrogen-bond donors (Lipinski definition) is 2. The molecule has 2 atom stereocenters. The van der Waals surface area contributed by atoms with Crippen molar-refractivity contribution in [1.82, 2.24) is 0 Å². The predicted molar refractivity (Wildman–Crippen MR) is 69.7 cm³/mol. The number of halogens is 6. The van der Waals surface area contributed by atoms with Crippen LogP contribution in [0, 0.1) is 5.92 Å². The first-order valence-electron chi connectivity index (χ1n) is 6.59. The largest absolute Gasteiger partial charge is 0.481 e. The van der Waals surface area contributed by atoms with Crippen LogP contribution in [0.25, 0.3) is 0 Å². The molecule has 0 spiro atoms. The molecule has 0 fully saturated rings. The summed E-state index contributed by atoms with van der Waals surface area (Å²) < 4.78 is 78.0. The predicted octanol–water partition coefficient (Wildman–Crippen LogP) is 3.88. The first kappa shape index (κ1) is 19.3. The number of rotatable bonds is 5. The quantitative estimate of drug-likeness (QED) is 0.798. The topological polar surface area (TPSA) is 63.3 Å². The molecule has 0 saturated heterocycles. The Morgan fingerprint density at radius 2 is 1.74 bits per heavy atom. The molecule has 1 rings (SSSR count). The molecular weight excluding hydrogens is 328 g/mol. The highest BCUT2D eigenvalue weighted by Crippen LogP contribution is 2.44. The summed E-state index contributed by atoms with van der Waals surface area (Å²) in [6.07, 6.45) is -10.7. The molecule has 0 heterocycles. The fraction of sp³-hybridized carbons (Fsp3) is 0.500. The van der Waals surface area contributed by atoms with Crippen LogP contribution in [0.2, 0.25) is 0 Å². The average Bonchev–Trinajstić information content (AvgIpc) is 2.41. The number of nitrogens with two attached hydrogens (primary N) is 1. The summed E-state index contributed by atoms with van der Waals surface area (Å²) in [5.41, 5.74) is 1.09. The molecule has 0 aliphatic heterocycles. The Bertz CT molecular complexity index is 567. The second-order valence-electron chi connectivity index (χ2n) is 5.17. The summed E-state index contributed by atoms with van der Waals surface area (Å²) in [6, 6.07) is 2.16. The van der Waals surface area contributed by atoms with E-state index >= 15 is 0 Å². The fourth-order valence-electron chi connectivity index (χ4n) is 2.39. The molecule has 1 aromatic carbocycles. The Kier molecular flexibility index (Phi) is 5.68. The summed E-state index contributed by atoms with van der Waals surface area (Å²) in [4.78, 5) is 10.9. The van der Waals surface area contributed by atoms with E-state index in [1.165, 1.54) is 6.92 Å². The third kappa shape index (κ3) is 4.60. The molecule has 2 unspecified atom stereocenters. The zero-order valence-electron chi connectivity index (χ0n) is 12.0. The Balaban J connectivity index is 3.39. The molecule has 0 aliphatic rings. The summed E-state index contributed by atoms with van der Waals surface area (Å²) in [7, 11) is 0. The van der Waals surface area contributed by atoms with E-state index in [9.17, 15) is 31.1 Å². The van der Waals surface area contributed by atoms with Gasteiger partial charge in [0.15, 0.2) is 0 Å². The summed E-state index contributed by atoms with van der Waals surface area (Å²) in [5, 5.41) is 8.90. The van der Waals surface area contributed by atoms with Crippen molar-refractivity contribution in [2.75, 3.05) is 6.54 Å². The van der Waals surface area contributed by atoms with Crippen molar-refractivity contribution in [3.63, 3.8) is 0 Å². The van der Waals surface area contributed by atoms with E-state index in [1.54, 1.807) is 0 Å². The standard InChI is InChI=1S/C14H15F6NO2/c1-7(5-8(6-21)12(22)23)9-3-2-4-10(13(15,16)17)11(9)14(18,19)20/h2-4,7-8H,5-6,21H2,1H3,(H,22,23). The molecule has 0 saturated carbocycles. The van der Waals surface area contributed by atoms with Gasteiger partial charge in [-0.1, -0.05) is 19.1 Å². The van der Waals surface area contributed by atoms with E-state index in [-0.39, 0.29) is 13.0 Å². The number of hydrogen-bond acceptors (Lipinski definition) is 2. The minimum Gasteiger partial charge on any atom is -0.481 e. The van der Waals surface area contributed by atoms with Crippen LogP contribution in [0.4, 0.5) is 26.3 Å². The van der Waals surface area contributed by atoms with Crippen LogP contribution in [-0.4, -0.2) is 17.6 Å². The first-order valence-corrected chi connectivity index (χ1v) is 6.59. The maximum absolute atomic E-state index is 13.1. The first-order chi connectivity index (χ1) is 10.4. The molecule has 0 bridgehead atoms. The highest BCUT2D eigenvalue weighted by atomic mass is 19.4. The molecule has 3 N–H and O–H groups in total. The van der Waals surface area contributed by atoms with Gasteiger partial charge in [0.05, 0.1) is 17.0 Å². The molecule has 3 nitrogen and oxygen atoms in total. The smallest absolute Gasteiger partial charge is 0.417 e. The summed E-state index contributed by atoms with van der Waals surface area (Å²) in [6.45, 7) is 0.927. The van der Waals surface area contributed by atoms with E-state index in [4.69, 9.17) is 10.8 Å². The SMILES string of the molecule is CC(CC(CN)C(=O)O)c1cccc(C(F)(F)F)c1C(F)(F)F. The molecule has 0 amide bonds. The van der Waals surface area contributed by atoms with E-state index in [1.807, 2.05) is 0 Å². The van der Waals surface area contributed by atoms with Crippen LogP contribution in [0.15, 0.2) is 18.2 Å². The molecule has 0 aromatic heterocycles. The zero-order chi connectivity index (χ0) is 18.0. The van der Waals surface area contributed by atoms with Crippen molar-refractivity contribution in [3.05, 3.63) is 34.9 Å². The highest BCUT2D eigenvalue weighted by Gasteiger charge is 2.45. The van der Waals surface area contributed by atoms with Gasteiger partial charge in [-0.25, -0.2) is 0 Å². The number of carboxylic acids is 1. The van der Waals surface area contributed by atoms with Gasteiger partial charge < -0.3 is 10.8 Å². The van der Waals surface area contributed by atoms with Crippen LogP contribution in [0.3, 0.4) is 0 Å². The third-order valence-corrected chi connectivity index (χ3v) is 3.49. The lowest BCUT2D eigenvalue weighted by atomic mass is 9.85. The number of benzene rings is 1. The van der Waals surface area contributed by atoms with Crippen LogP contribution in [-0.2, 0) is 17.1 Å². The van der Waals surface area contributed by atoms with Gasteiger partial charge in [-0.05, 0) is 24.0 Å². The maximum Gasteiger partial charge on any atom is 0.417 e. The van der Waals surface area contributed by atoms with Gasteiger partial charge in [0.25, 0.3) is 0 Å². The summed E-state index contributed by atoms with van der Waals surface area (Å²) in [5.74, 6) is -3.50. The Morgan fingerprint density at radius 1 is 1.17 bits per heavy atom. The molecule has 23 heavy (non-hydrogen) atoms. The molecule has 9 heteroatoms. The Hall–Kier alpha value is -1.77. The second-order valence-corrected chi connectivity index (χ2v) is 5.17. The van der Waals surface area contributed by atoms with Crippen molar-refractivity contribution in [2.24, 2.45) is 11.7 Å². The number of alkyl halides is 6. The maximum atomic E-state index is 13.1. The molecule has 0 aliphatic carbocycles. The van der Waals surface area contributed by atoms with Gasteiger partial charge in [0.1, 0.15) is 0 Å². The average molecular weight is 343 g/mol. The minimum atomic E-state index is -5.21. The van der Waals surface area contributed by atoms with Gasteiger partial charge in [0, 0.05) is 6.54 Å². The lowest BCUT2D eigenvalue weighted by Gasteiger charge is -2.24. The van der Waals surface area contributed by atoms with Crippen molar-refractivity contribution >= 4 is 5.97 Å². The normalized spacial score (nSPS) is 15.3. The van der Waals surface area contributed by atoms with Gasteiger partial charge >= 0.3 is 18.3 Å². The zero-order valence-corrected chi connectivity index (χ0v) is 12.0. The van der Waals surface area contributed by atoms with Crippen LogP contribution in [0.5, 0.6) is 0 Å². The number of carbonyl (C=O) groups is 1. The van der Waals surface area contributed by atoms with Gasteiger partial charge in [0.2, 0.25) is 0 Å². The van der Waals surface area contributed by atoms with Crippen LogP contribution in [0.1, 0.15) is 36.0 Å². The van der Waals surface area contributed by atoms with E-state index in [2.05, 4.69) is 0 Å². The molecule has 130 valence electrons. The van der Waals surface area contributed by atoms with Gasteiger partial charge in [-0.2, -0.15) is 26.3 Å². The third-order valence-electron chi connectivity index (χ3n) is 3.49. The highest BCUT2D eigenvalue weighted by molar-refractivity contribution is 5.70. The molecule has 1 aromatic rings. The van der Waals surface area contributed by atoms with E-state index in [0.717, 1.165) is 12.1 Å². The van der Waals surface area contributed by atoms with Gasteiger partial charge in [-0.3, -0.25) is 4.79 Å². The lowest BCUT2D eigenvalue weighted by Crippen LogP contribution is -2.26. The minimum absolute atomic E-state index is 0.295. The second kappa shape index (κ2) is 6.77. The van der Waals surface area contributed by atoms with E-state index < -0.39 is 46.8 Å². The fourth-order valence-corrected chi connectivity index (χ4v) is 2.39. The Morgan fingerprint density at radius 3 is 2.13 bits per heavy atom. The van der Waals surface area contributed by atoms with Crippen molar-refractivity contribution < 1.29 is 36.2 Å². The Labute approximate surface area is 128 Å². The molecular formula is C14H15F6NO2. The van der Waals surface area contributed by atoms with Crippen molar-refractivity contribution in [1.29, 1.82) is 0 Å². The van der Waals surface area contributed by atoms with Crippen LogP contribution < -0.4 is 5.73 Å². The monoisotopic (exact) mass is 343 g/mol. The summed E-state index contributed by atoms with van der Waals surface area (Å²) >= 11 is 0. The molecule has 0 radical (unpaired) electrons. The van der Waals surface area contributed by atoms with E-state index in [0.29, 0.717) is 6.07 Å². The number of carboxylic acid groups (broad SMARTS) is 1. The van der Waals surface area contributed by atoms with Crippen LogP contribution >= 0.6 is 0 Å². The lowest BCUT2D eigenvalue weighted by molar-refractivity contribution is -0.162. The van der Waals surface area contributed by atoms with Crippen molar-refractivity contribution in [3.8, 4) is 0 Å².